The Balaban J connectivity index is 1.69. The van der Waals surface area contributed by atoms with Gasteiger partial charge in [-0.15, -0.1) is 16.9 Å². The molecule has 2 aromatic rings. The maximum atomic E-state index is 12.2. The molecule has 1 aromatic heterocycles. The van der Waals surface area contributed by atoms with Crippen molar-refractivity contribution in [3.63, 3.8) is 0 Å². The third kappa shape index (κ3) is 3.73. The minimum Gasteiger partial charge on any atom is -0.454 e. The zero-order chi connectivity index (χ0) is 16.9. The van der Waals surface area contributed by atoms with Gasteiger partial charge >= 0.3 is 5.97 Å². The molecule has 0 radical (unpaired) electrons. The summed E-state index contributed by atoms with van der Waals surface area (Å²) < 4.78 is 6.90. The van der Waals surface area contributed by atoms with Crippen molar-refractivity contribution in [2.75, 3.05) is 11.1 Å². The van der Waals surface area contributed by atoms with Gasteiger partial charge in [-0.2, -0.15) is 0 Å². The molecule has 1 aliphatic rings. The zero-order valence-electron chi connectivity index (χ0n) is 13.2. The van der Waals surface area contributed by atoms with E-state index in [2.05, 4.69) is 20.8 Å². The molecule has 0 saturated heterocycles. The number of esters is 1. The van der Waals surface area contributed by atoms with Crippen LogP contribution in [0.4, 0.5) is 5.69 Å². The number of amides is 1. The number of ether oxygens (including phenoxy) is 1. The number of benzene rings is 1. The number of carbonyl (C=O) groups excluding carboxylic acids is 2. The number of rotatable bonds is 5. The minimum atomic E-state index is -0.479. The molecule has 8 nitrogen and oxygen atoms in total. The number of thioether (sulfide) groups is 1. The molecule has 9 heteroatoms. The second-order valence-electron chi connectivity index (χ2n) is 5.25. The Morgan fingerprint density at radius 1 is 1.46 bits per heavy atom. The SMILES string of the molecule is CCCn1nnnc1COC(=O)c1ccc2c(c1)NC(=O)CCS2. The predicted octanol–water partition coefficient (Wildman–Crippen LogP) is 1.87. The maximum absolute atomic E-state index is 12.2. The number of aryl methyl sites for hydroxylation is 1. The Morgan fingerprint density at radius 2 is 2.33 bits per heavy atom. The molecule has 126 valence electrons. The third-order valence-corrected chi connectivity index (χ3v) is 4.53. The number of hydrogen-bond donors (Lipinski definition) is 1. The summed E-state index contributed by atoms with van der Waals surface area (Å²) in [5, 5.41) is 14.1. The standard InChI is InChI=1S/C15H17N5O3S/c1-2-6-20-13(17-18-19-20)9-23-15(22)10-3-4-12-11(8-10)16-14(21)5-7-24-12/h3-4,8H,2,5-7,9H2,1H3,(H,16,21). The van der Waals surface area contributed by atoms with Crippen LogP contribution in [0.5, 0.6) is 0 Å². The van der Waals surface area contributed by atoms with Crippen molar-refractivity contribution in [2.24, 2.45) is 0 Å². The van der Waals surface area contributed by atoms with Gasteiger partial charge in [0.1, 0.15) is 0 Å². The lowest BCUT2D eigenvalue weighted by Gasteiger charge is -2.09. The van der Waals surface area contributed by atoms with Crippen LogP contribution in [-0.2, 0) is 22.7 Å². The smallest absolute Gasteiger partial charge is 0.338 e. The molecule has 2 heterocycles. The monoisotopic (exact) mass is 347 g/mol. The molecule has 0 spiro atoms. The number of aromatic nitrogens is 4. The summed E-state index contributed by atoms with van der Waals surface area (Å²) in [4.78, 5) is 24.8. The number of anilines is 1. The first-order chi connectivity index (χ1) is 11.7. The van der Waals surface area contributed by atoms with Crippen molar-refractivity contribution in [1.29, 1.82) is 0 Å². The highest BCUT2D eigenvalue weighted by atomic mass is 32.2. The van der Waals surface area contributed by atoms with Crippen molar-refractivity contribution < 1.29 is 14.3 Å². The van der Waals surface area contributed by atoms with Gasteiger partial charge in [0.25, 0.3) is 0 Å². The first kappa shape index (κ1) is 16.4. The molecule has 0 aliphatic carbocycles. The Morgan fingerprint density at radius 3 is 3.17 bits per heavy atom. The molecule has 0 saturated carbocycles. The third-order valence-electron chi connectivity index (χ3n) is 3.45. The first-order valence-electron chi connectivity index (χ1n) is 7.66. The summed E-state index contributed by atoms with van der Waals surface area (Å²) in [5.41, 5.74) is 1.03. The molecule has 0 fully saturated rings. The minimum absolute atomic E-state index is 0.00400. The largest absolute Gasteiger partial charge is 0.454 e. The van der Waals surface area contributed by atoms with E-state index in [4.69, 9.17) is 4.74 Å². The molecule has 0 bridgehead atoms. The Bertz CT molecular complexity index is 761. The molecule has 1 N–H and O–H groups in total. The normalized spacial score (nSPS) is 13.8. The summed E-state index contributed by atoms with van der Waals surface area (Å²) in [7, 11) is 0. The van der Waals surface area contributed by atoms with E-state index in [-0.39, 0.29) is 12.5 Å². The summed E-state index contributed by atoms with van der Waals surface area (Å²) in [6.45, 7) is 2.69. The topological polar surface area (TPSA) is 99.0 Å². The number of tetrazole rings is 1. The molecule has 3 rings (SSSR count). The molecule has 0 atom stereocenters. The van der Waals surface area contributed by atoms with E-state index < -0.39 is 5.97 Å². The van der Waals surface area contributed by atoms with E-state index in [9.17, 15) is 9.59 Å². The van der Waals surface area contributed by atoms with Crippen molar-refractivity contribution in [3.05, 3.63) is 29.6 Å². The quantitative estimate of drug-likeness (QED) is 0.824. The van der Waals surface area contributed by atoms with E-state index in [1.165, 1.54) is 0 Å². The van der Waals surface area contributed by atoms with E-state index >= 15 is 0 Å². The number of nitrogens with one attached hydrogen (secondary N) is 1. The van der Waals surface area contributed by atoms with E-state index in [0.29, 0.717) is 30.0 Å². The lowest BCUT2D eigenvalue weighted by molar-refractivity contribution is -0.115. The second kappa shape index (κ2) is 7.43. The van der Waals surface area contributed by atoms with Gasteiger partial charge in [0, 0.05) is 23.6 Å². The number of nitrogens with zero attached hydrogens (tertiary/aromatic N) is 4. The lowest BCUT2D eigenvalue weighted by atomic mass is 10.2. The second-order valence-corrected chi connectivity index (χ2v) is 6.39. The Labute approximate surface area is 142 Å². The number of fused-ring (bicyclic) bond motifs is 1. The first-order valence-corrected chi connectivity index (χ1v) is 8.65. The van der Waals surface area contributed by atoms with Crippen LogP contribution in [0, 0.1) is 0 Å². The molecule has 1 amide bonds. The highest BCUT2D eigenvalue weighted by molar-refractivity contribution is 7.99. The van der Waals surface area contributed by atoms with Gasteiger partial charge in [-0.05, 0) is 35.0 Å². The average Bonchev–Trinajstić information content (AvgIpc) is 2.92. The van der Waals surface area contributed by atoms with Crippen LogP contribution in [0.15, 0.2) is 23.1 Å². The zero-order valence-corrected chi connectivity index (χ0v) is 14.0. The molecular weight excluding hydrogens is 330 g/mol. The van der Waals surface area contributed by atoms with E-state index in [1.807, 2.05) is 13.0 Å². The summed E-state index contributed by atoms with van der Waals surface area (Å²) >= 11 is 1.59. The van der Waals surface area contributed by atoms with Crippen LogP contribution in [0.1, 0.15) is 35.9 Å². The van der Waals surface area contributed by atoms with Crippen LogP contribution in [0.25, 0.3) is 0 Å². The summed E-state index contributed by atoms with van der Waals surface area (Å²) in [6, 6.07) is 5.16. The van der Waals surface area contributed by atoms with Gasteiger partial charge in [-0.3, -0.25) is 4.79 Å². The fourth-order valence-corrected chi connectivity index (χ4v) is 3.21. The number of hydrogen-bond acceptors (Lipinski definition) is 7. The van der Waals surface area contributed by atoms with Gasteiger partial charge in [-0.1, -0.05) is 6.92 Å². The van der Waals surface area contributed by atoms with Crippen molar-refractivity contribution >= 4 is 29.3 Å². The van der Waals surface area contributed by atoms with Crippen LogP contribution < -0.4 is 5.32 Å². The van der Waals surface area contributed by atoms with Crippen molar-refractivity contribution in [1.82, 2.24) is 20.2 Å². The number of carbonyl (C=O) groups is 2. The van der Waals surface area contributed by atoms with Gasteiger partial charge in [-0.25, -0.2) is 9.48 Å². The van der Waals surface area contributed by atoms with Gasteiger partial charge in [0.2, 0.25) is 5.91 Å². The molecule has 1 aromatic carbocycles. The summed E-state index contributed by atoms with van der Waals surface area (Å²) in [5.74, 6) is 0.699. The van der Waals surface area contributed by atoms with Crippen LogP contribution in [0.2, 0.25) is 0 Å². The average molecular weight is 347 g/mol. The molecule has 1 aliphatic heterocycles. The van der Waals surface area contributed by atoms with Crippen LogP contribution in [0.3, 0.4) is 0 Å². The van der Waals surface area contributed by atoms with Gasteiger partial charge in [0.05, 0.1) is 11.3 Å². The Kier molecular flexibility index (Phi) is 5.09. The van der Waals surface area contributed by atoms with Crippen molar-refractivity contribution in [3.8, 4) is 0 Å². The fraction of sp³-hybridized carbons (Fsp3) is 0.400. The maximum Gasteiger partial charge on any atom is 0.338 e. The molecule has 24 heavy (non-hydrogen) atoms. The lowest BCUT2D eigenvalue weighted by Crippen LogP contribution is -2.13. The van der Waals surface area contributed by atoms with Crippen LogP contribution >= 0.6 is 11.8 Å². The Hall–Kier alpha value is -2.42. The fourth-order valence-electron chi connectivity index (χ4n) is 2.27. The predicted molar refractivity (Wildman–Crippen MR) is 87.6 cm³/mol. The molecular formula is C15H17N5O3S. The molecule has 0 unspecified atom stereocenters. The highest BCUT2D eigenvalue weighted by Crippen LogP contribution is 2.31. The van der Waals surface area contributed by atoms with Crippen molar-refractivity contribution in [2.45, 2.75) is 37.8 Å². The van der Waals surface area contributed by atoms with E-state index in [0.717, 1.165) is 17.1 Å². The van der Waals surface area contributed by atoms with E-state index in [1.54, 1.807) is 28.6 Å². The van der Waals surface area contributed by atoms with Gasteiger partial charge in [0.15, 0.2) is 12.4 Å². The summed E-state index contributed by atoms with van der Waals surface area (Å²) in [6.07, 6.45) is 1.34. The van der Waals surface area contributed by atoms with Crippen LogP contribution in [-0.4, -0.2) is 37.8 Å². The van der Waals surface area contributed by atoms with Gasteiger partial charge < -0.3 is 10.1 Å². The highest BCUT2D eigenvalue weighted by Gasteiger charge is 2.17.